The zero-order valence-corrected chi connectivity index (χ0v) is 19.7. The molecule has 4 rings (SSSR count). The van der Waals surface area contributed by atoms with Gasteiger partial charge in [-0.3, -0.25) is 4.79 Å². The first-order valence-electron chi connectivity index (χ1n) is 11.1. The van der Waals surface area contributed by atoms with Crippen LogP contribution < -0.4 is 5.73 Å². The Balaban J connectivity index is 1.44. The van der Waals surface area contributed by atoms with Crippen LogP contribution in [-0.4, -0.2) is 35.7 Å². The molecular formula is C27H29ClN2OS. The van der Waals surface area contributed by atoms with Gasteiger partial charge in [-0.15, -0.1) is 0 Å². The summed E-state index contributed by atoms with van der Waals surface area (Å²) >= 11 is 8.00. The van der Waals surface area contributed by atoms with E-state index in [9.17, 15) is 4.79 Å². The van der Waals surface area contributed by atoms with E-state index in [1.807, 2.05) is 84.6 Å². The zero-order chi connectivity index (χ0) is 22.4. The minimum atomic E-state index is -0.822. The summed E-state index contributed by atoms with van der Waals surface area (Å²) in [5.74, 6) is 0.706. The van der Waals surface area contributed by atoms with E-state index in [2.05, 4.69) is 17.0 Å². The predicted octanol–water partition coefficient (Wildman–Crippen LogP) is 5.51. The first kappa shape index (κ1) is 22.9. The molecule has 1 saturated heterocycles. The van der Waals surface area contributed by atoms with Crippen molar-refractivity contribution in [3.05, 3.63) is 107 Å². The highest BCUT2D eigenvalue weighted by atomic mass is 35.5. The monoisotopic (exact) mass is 464 g/mol. The van der Waals surface area contributed by atoms with Crippen molar-refractivity contribution in [3.63, 3.8) is 0 Å². The molecule has 3 aromatic carbocycles. The average Bonchev–Trinajstić information content (AvgIpc) is 3.28. The van der Waals surface area contributed by atoms with Crippen LogP contribution >= 0.6 is 23.4 Å². The summed E-state index contributed by atoms with van der Waals surface area (Å²) in [6, 6.07) is 28.1. The molecule has 3 aromatic rings. The summed E-state index contributed by atoms with van der Waals surface area (Å²) in [7, 11) is 0. The smallest absolute Gasteiger partial charge is 0.232 e. The van der Waals surface area contributed by atoms with Crippen molar-refractivity contribution in [1.29, 1.82) is 0 Å². The number of amides is 1. The van der Waals surface area contributed by atoms with Crippen LogP contribution in [0.15, 0.2) is 84.9 Å². The van der Waals surface area contributed by atoms with E-state index in [0.717, 1.165) is 41.5 Å². The highest BCUT2D eigenvalue weighted by Crippen LogP contribution is 2.37. The van der Waals surface area contributed by atoms with Gasteiger partial charge in [0.2, 0.25) is 5.91 Å². The summed E-state index contributed by atoms with van der Waals surface area (Å²) < 4.78 is 0. The largest absolute Gasteiger partial charge is 0.369 e. The Bertz CT molecular complexity index is 971. The van der Waals surface area contributed by atoms with E-state index >= 15 is 0 Å². The fourth-order valence-corrected chi connectivity index (χ4v) is 5.90. The van der Waals surface area contributed by atoms with Gasteiger partial charge in [0.1, 0.15) is 0 Å². The Hall–Kier alpha value is -2.27. The second-order valence-corrected chi connectivity index (χ2v) is 10.1. The number of hydrogen-bond donors (Lipinski definition) is 1. The molecule has 2 N–H and O–H groups in total. The number of thioether (sulfide) groups is 1. The van der Waals surface area contributed by atoms with Crippen molar-refractivity contribution in [3.8, 4) is 0 Å². The number of likely N-dealkylation sites (tertiary alicyclic amines) is 1. The third-order valence-electron chi connectivity index (χ3n) is 6.38. The van der Waals surface area contributed by atoms with Crippen LogP contribution in [0, 0.1) is 0 Å². The average molecular weight is 465 g/mol. The number of nitrogens with two attached hydrogens (primary N) is 1. The van der Waals surface area contributed by atoms with Crippen molar-refractivity contribution in [1.82, 2.24) is 4.90 Å². The van der Waals surface area contributed by atoms with Gasteiger partial charge in [0, 0.05) is 22.6 Å². The highest BCUT2D eigenvalue weighted by Gasteiger charge is 2.40. The van der Waals surface area contributed by atoms with Gasteiger partial charge in [0.25, 0.3) is 0 Å². The van der Waals surface area contributed by atoms with E-state index < -0.39 is 5.41 Å². The lowest BCUT2D eigenvalue weighted by atomic mass is 9.71. The topological polar surface area (TPSA) is 46.3 Å². The lowest BCUT2D eigenvalue weighted by Crippen LogP contribution is -2.44. The van der Waals surface area contributed by atoms with Crippen LogP contribution in [0.5, 0.6) is 0 Å². The molecule has 1 aliphatic heterocycles. The van der Waals surface area contributed by atoms with Crippen LogP contribution in [0.3, 0.4) is 0 Å². The number of nitrogens with zero attached hydrogens (tertiary/aromatic N) is 1. The first-order chi connectivity index (χ1) is 15.6. The van der Waals surface area contributed by atoms with Crippen LogP contribution in [0.1, 0.15) is 29.5 Å². The molecule has 1 unspecified atom stereocenters. The minimum absolute atomic E-state index is 0.289. The maximum atomic E-state index is 13.0. The first-order valence-corrected chi connectivity index (χ1v) is 12.5. The zero-order valence-electron chi connectivity index (χ0n) is 18.1. The summed E-state index contributed by atoms with van der Waals surface area (Å²) in [4.78, 5) is 15.4. The summed E-state index contributed by atoms with van der Waals surface area (Å²) in [5, 5.41) is 1.38. The standard InChI is InChI=1S/C27H29ClN2OS/c28-24-13-11-21(12-14-24)20-32-25-15-17-30(19-25)18-16-27(26(29)31,22-7-3-1-4-8-22)23-9-5-2-6-10-23/h1-14,25H,15-20H2,(H2,29,31). The molecule has 166 valence electrons. The van der Waals surface area contributed by atoms with E-state index in [4.69, 9.17) is 17.3 Å². The number of hydrogen-bond acceptors (Lipinski definition) is 3. The lowest BCUT2D eigenvalue weighted by Gasteiger charge is -2.33. The van der Waals surface area contributed by atoms with Gasteiger partial charge < -0.3 is 10.6 Å². The van der Waals surface area contributed by atoms with Gasteiger partial charge in [-0.25, -0.2) is 0 Å². The second kappa shape index (κ2) is 10.6. The van der Waals surface area contributed by atoms with Crippen LogP contribution in [0.4, 0.5) is 0 Å². The maximum Gasteiger partial charge on any atom is 0.232 e. The molecule has 1 amide bonds. The molecule has 0 saturated carbocycles. The van der Waals surface area contributed by atoms with E-state index in [1.165, 1.54) is 12.0 Å². The van der Waals surface area contributed by atoms with Crippen molar-refractivity contribution >= 4 is 29.3 Å². The van der Waals surface area contributed by atoms with Gasteiger partial charge in [0.05, 0.1) is 5.41 Å². The number of primary amides is 1. The predicted molar refractivity (Wildman–Crippen MR) is 135 cm³/mol. The fraction of sp³-hybridized carbons (Fsp3) is 0.296. The number of rotatable bonds is 9. The number of benzene rings is 3. The molecule has 0 radical (unpaired) electrons. The van der Waals surface area contributed by atoms with Crippen molar-refractivity contribution in [2.24, 2.45) is 5.73 Å². The lowest BCUT2D eigenvalue weighted by molar-refractivity contribution is -0.122. The Morgan fingerprint density at radius 2 is 1.56 bits per heavy atom. The molecule has 0 aromatic heterocycles. The van der Waals surface area contributed by atoms with Gasteiger partial charge in [-0.2, -0.15) is 11.8 Å². The van der Waals surface area contributed by atoms with Crippen LogP contribution in [-0.2, 0) is 16.0 Å². The Labute approximate surface area is 200 Å². The van der Waals surface area contributed by atoms with Crippen molar-refractivity contribution < 1.29 is 4.79 Å². The molecular weight excluding hydrogens is 436 g/mol. The normalized spacial score (nSPS) is 16.8. The van der Waals surface area contributed by atoms with Crippen LogP contribution in [0.2, 0.25) is 5.02 Å². The molecule has 1 heterocycles. The van der Waals surface area contributed by atoms with Crippen LogP contribution in [0.25, 0.3) is 0 Å². The molecule has 0 spiro atoms. The SMILES string of the molecule is NC(=O)C(CCN1CCC(SCc2ccc(Cl)cc2)C1)(c1ccccc1)c1ccccc1. The summed E-state index contributed by atoms with van der Waals surface area (Å²) in [6.07, 6.45) is 1.84. The van der Waals surface area contributed by atoms with E-state index in [0.29, 0.717) is 11.7 Å². The van der Waals surface area contributed by atoms with Crippen molar-refractivity contribution in [2.75, 3.05) is 19.6 Å². The number of carbonyl (C=O) groups is 1. The molecule has 1 aliphatic rings. The molecule has 1 atom stereocenters. The summed E-state index contributed by atoms with van der Waals surface area (Å²) in [6.45, 7) is 2.93. The second-order valence-electron chi connectivity index (χ2n) is 8.40. The Kier molecular flexibility index (Phi) is 7.56. The minimum Gasteiger partial charge on any atom is -0.369 e. The van der Waals surface area contributed by atoms with E-state index in [-0.39, 0.29) is 5.91 Å². The van der Waals surface area contributed by atoms with E-state index in [1.54, 1.807) is 0 Å². The Morgan fingerprint density at radius 1 is 0.969 bits per heavy atom. The maximum absolute atomic E-state index is 13.0. The molecule has 3 nitrogen and oxygen atoms in total. The van der Waals surface area contributed by atoms with Gasteiger partial charge in [-0.05, 0) is 54.8 Å². The van der Waals surface area contributed by atoms with Gasteiger partial charge >= 0.3 is 0 Å². The number of carbonyl (C=O) groups excluding carboxylic acids is 1. The quantitative estimate of drug-likeness (QED) is 0.454. The summed E-state index contributed by atoms with van der Waals surface area (Å²) in [5.41, 5.74) is 8.51. The molecule has 1 fully saturated rings. The molecule has 5 heteroatoms. The van der Waals surface area contributed by atoms with Gasteiger partial charge in [-0.1, -0.05) is 84.4 Å². The molecule has 32 heavy (non-hydrogen) atoms. The van der Waals surface area contributed by atoms with Crippen molar-refractivity contribution in [2.45, 2.75) is 29.3 Å². The fourth-order valence-electron chi connectivity index (χ4n) is 4.57. The molecule has 0 aliphatic carbocycles. The third kappa shape index (κ3) is 5.20. The number of halogens is 1. The molecule has 0 bridgehead atoms. The van der Waals surface area contributed by atoms with Gasteiger partial charge in [0.15, 0.2) is 0 Å². The highest BCUT2D eigenvalue weighted by molar-refractivity contribution is 7.99. The Morgan fingerprint density at radius 3 is 2.12 bits per heavy atom. The third-order valence-corrected chi connectivity index (χ3v) is 7.99.